The van der Waals surface area contributed by atoms with Crippen molar-refractivity contribution < 1.29 is 19.1 Å². The Bertz CT molecular complexity index is 840. The maximum absolute atomic E-state index is 12.9. The molecule has 0 saturated carbocycles. The van der Waals surface area contributed by atoms with E-state index in [4.69, 9.17) is 4.74 Å². The van der Waals surface area contributed by atoms with Gasteiger partial charge in [0.1, 0.15) is 5.92 Å². The molecule has 0 aliphatic carbocycles. The number of imide groups is 1. The van der Waals surface area contributed by atoms with Crippen molar-refractivity contribution in [2.24, 2.45) is 5.92 Å². The van der Waals surface area contributed by atoms with Crippen LogP contribution in [-0.4, -0.2) is 40.8 Å². The van der Waals surface area contributed by atoms with Gasteiger partial charge in [-0.05, 0) is 34.5 Å². The molecule has 2 atom stereocenters. The predicted octanol–water partition coefficient (Wildman–Crippen LogP) is 2.79. The van der Waals surface area contributed by atoms with Crippen LogP contribution in [0, 0.1) is 5.92 Å². The molecule has 7 heteroatoms. The Kier molecular flexibility index (Phi) is 5.46. The first-order valence-corrected chi connectivity index (χ1v) is 9.00. The molecular weight excluding hydrogens is 400 g/mol. The number of benzene rings is 1. The summed E-state index contributed by atoms with van der Waals surface area (Å²) in [7, 11) is 0. The number of hydrogen-bond donors (Lipinski definition) is 0. The average molecular weight is 417 g/mol. The van der Waals surface area contributed by atoms with Crippen LogP contribution >= 0.6 is 15.9 Å². The number of likely N-dealkylation sites (tertiary alicyclic amines) is 1. The van der Waals surface area contributed by atoms with Crippen LogP contribution in [0.4, 0.5) is 0 Å². The summed E-state index contributed by atoms with van der Waals surface area (Å²) in [6.07, 6.45) is 2.95. The quantitative estimate of drug-likeness (QED) is 0.435. The van der Waals surface area contributed by atoms with E-state index >= 15 is 0 Å². The highest BCUT2D eigenvalue weighted by Crippen LogP contribution is 2.35. The minimum atomic E-state index is -1.03. The zero-order chi connectivity index (χ0) is 18.7. The van der Waals surface area contributed by atoms with Gasteiger partial charge in [-0.2, -0.15) is 0 Å². The molecule has 0 spiro atoms. The number of halogens is 1. The number of ether oxygens (including phenoxy) is 1. The number of rotatable bonds is 4. The van der Waals surface area contributed by atoms with Gasteiger partial charge in [0.2, 0.25) is 5.91 Å². The van der Waals surface area contributed by atoms with E-state index in [-0.39, 0.29) is 18.7 Å². The first-order chi connectivity index (χ1) is 12.5. The number of carbonyl (C=O) groups excluding carboxylic acids is 3. The molecule has 134 valence electrons. The van der Waals surface area contributed by atoms with E-state index in [1.807, 2.05) is 30.3 Å². The lowest BCUT2D eigenvalue weighted by atomic mass is 9.89. The van der Waals surface area contributed by atoms with Gasteiger partial charge in [0.15, 0.2) is 0 Å². The number of aromatic nitrogens is 1. The molecule has 0 unspecified atom stereocenters. The minimum absolute atomic E-state index is 0.123. The lowest BCUT2D eigenvalue weighted by molar-refractivity contribution is -0.152. The van der Waals surface area contributed by atoms with Crippen LogP contribution in [0.15, 0.2) is 53.3 Å². The molecular formula is C19H17BrN2O4. The highest BCUT2D eigenvalue weighted by atomic mass is 79.9. The third-order valence-electron chi connectivity index (χ3n) is 4.28. The van der Waals surface area contributed by atoms with E-state index in [1.54, 1.807) is 19.2 Å². The Labute approximate surface area is 159 Å². The Morgan fingerprint density at radius 2 is 2.00 bits per heavy atom. The fourth-order valence-electron chi connectivity index (χ4n) is 3.09. The summed E-state index contributed by atoms with van der Waals surface area (Å²) in [4.78, 5) is 43.2. The lowest BCUT2D eigenvalue weighted by Gasteiger charge is -2.15. The molecule has 1 saturated heterocycles. The maximum Gasteiger partial charge on any atom is 0.319 e. The van der Waals surface area contributed by atoms with Crippen LogP contribution in [0.3, 0.4) is 0 Å². The van der Waals surface area contributed by atoms with Crippen molar-refractivity contribution in [3.63, 3.8) is 0 Å². The predicted molar refractivity (Wildman–Crippen MR) is 97.3 cm³/mol. The molecule has 1 aromatic carbocycles. The number of amides is 2. The van der Waals surface area contributed by atoms with E-state index in [0.717, 1.165) is 10.5 Å². The third kappa shape index (κ3) is 3.53. The molecule has 0 bridgehead atoms. The lowest BCUT2D eigenvalue weighted by Crippen LogP contribution is -2.36. The number of nitrogens with zero attached hydrogens (tertiary/aromatic N) is 2. The molecule has 2 heterocycles. The molecule has 1 aliphatic heterocycles. The Morgan fingerprint density at radius 3 is 2.65 bits per heavy atom. The molecule has 1 aliphatic rings. The molecule has 2 aromatic rings. The normalized spacial score (nSPS) is 19.5. The first kappa shape index (κ1) is 18.3. The van der Waals surface area contributed by atoms with E-state index in [9.17, 15) is 14.4 Å². The van der Waals surface area contributed by atoms with Crippen molar-refractivity contribution in [3.8, 4) is 0 Å². The van der Waals surface area contributed by atoms with E-state index in [1.165, 1.54) is 6.20 Å². The molecule has 26 heavy (non-hydrogen) atoms. The highest BCUT2D eigenvalue weighted by molar-refractivity contribution is 9.10. The summed E-state index contributed by atoms with van der Waals surface area (Å²) < 4.78 is 5.72. The summed E-state index contributed by atoms with van der Waals surface area (Å²) in [6.45, 7) is 1.98. The Morgan fingerprint density at radius 1 is 1.27 bits per heavy atom. The van der Waals surface area contributed by atoms with Gasteiger partial charge in [-0.15, -0.1) is 0 Å². The number of esters is 1. The van der Waals surface area contributed by atoms with Gasteiger partial charge in [-0.25, -0.2) is 0 Å². The van der Waals surface area contributed by atoms with Gasteiger partial charge >= 0.3 is 5.97 Å². The summed E-state index contributed by atoms with van der Waals surface area (Å²) in [5.74, 6) is -3.08. The average Bonchev–Trinajstić information content (AvgIpc) is 2.99. The Hall–Kier alpha value is -2.54. The van der Waals surface area contributed by atoms with Crippen molar-refractivity contribution in [1.82, 2.24) is 9.88 Å². The van der Waals surface area contributed by atoms with Gasteiger partial charge in [0.05, 0.1) is 12.2 Å². The molecule has 3 rings (SSSR count). The summed E-state index contributed by atoms with van der Waals surface area (Å²) in [5, 5.41) is 0. The number of carbonyl (C=O) groups is 3. The van der Waals surface area contributed by atoms with Gasteiger partial charge in [0.25, 0.3) is 5.91 Å². The van der Waals surface area contributed by atoms with E-state index in [0.29, 0.717) is 4.47 Å². The highest BCUT2D eigenvalue weighted by Gasteiger charge is 2.48. The summed E-state index contributed by atoms with van der Waals surface area (Å²) in [5.41, 5.74) is 1.10. The van der Waals surface area contributed by atoms with Crippen molar-refractivity contribution in [2.45, 2.75) is 12.8 Å². The molecule has 0 radical (unpaired) electrons. The topological polar surface area (TPSA) is 76.6 Å². The number of hydrogen-bond acceptors (Lipinski definition) is 5. The second-order valence-electron chi connectivity index (χ2n) is 5.89. The second kappa shape index (κ2) is 7.78. The number of pyridine rings is 1. The van der Waals surface area contributed by atoms with Crippen LogP contribution in [-0.2, 0) is 14.3 Å². The van der Waals surface area contributed by atoms with Crippen LogP contribution in [0.1, 0.15) is 28.8 Å². The third-order valence-corrected chi connectivity index (χ3v) is 4.71. The van der Waals surface area contributed by atoms with Crippen LogP contribution in [0.2, 0.25) is 0 Å². The van der Waals surface area contributed by atoms with Gasteiger partial charge in [-0.1, -0.05) is 30.3 Å². The maximum atomic E-state index is 12.9. The van der Waals surface area contributed by atoms with Crippen LogP contribution in [0.5, 0.6) is 0 Å². The smallest absolute Gasteiger partial charge is 0.319 e. The summed E-state index contributed by atoms with van der Waals surface area (Å²) in [6, 6.07) is 10.8. The standard InChI is InChI=1S/C19H17BrN2O4/c1-2-26-19(25)16-15(12-6-4-3-5-7-12)11-22(18(16)24)17(23)13-8-14(20)10-21-9-13/h3-10,15-16H,2,11H2,1H3/t15-,16+/m0/s1. The van der Waals surface area contributed by atoms with Crippen molar-refractivity contribution >= 4 is 33.7 Å². The molecule has 6 nitrogen and oxygen atoms in total. The first-order valence-electron chi connectivity index (χ1n) is 8.20. The Balaban J connectivity index is 1.94. The molecule has 1 aromatic heterocycles. The second-order valence-corrected chi connectivity index (χ2v) is 6.81. The van der Waals surface area contributed by atoms with Crippen molar-refractivity contribution in [2.75, 3.05) is 13.2 Å². The zero-order valence-corrected chi connectivity index (χ0v) is 15.7. The summed E-state index contributed by atoms with van der Waals surface area (Å²) >= 11 is 3.27. The van der Waals surface area contributed by atoms with Gasteiger partial charge in [-0.3, -0.25) is 24.3 Å². The van der Waals surface area contributed by atoms with E-state index in [2.05, 4.69) is 20.9 Å². The minimum Gasteiger partial charge on any atom is -0.465 e. The molecule has 2 amide bonds. The van der Waals surface area contributed by atoms with Gasteiger partial charge < -0.3 is 4.74 Å². The monoisotopic (exact) mass is 416 g/mol. The van der Waals surface area contributed by atoms with Crippen molar-refractivity contribution in [3.05, 3.63) is 64.4 Å². The zero-order valence-electron chi connectivity index (χ0n) is 14.1. The SMILES string of the molecule is CCOC(=O)[C@H]1C(=O)N(C(=O)c2cncc(Br)c2)C[C@H]1c1ccccc1. The largest absolute Gasteiger partial charge is 0.465 e. The van der Waals surface area contributed by atoms with Crippen LogP contribution < -0.4 is 0 Å². The van der Waals surface area contributed by atoms with Gasteiger partial charge in [0, 0.05) is 29.3 Å². The molecule has 1 fully saturated rings. The van der Waals surface area contributed by atoms with Crippen molar-refractivity contribution in [1.29, 1.82) is 0 Å². The van der Waals surface area contributed by atoms with Crippen LogP contribution in [0.25, 0.3) is 0 Å². The molecule has 0 N–H and O–H groups in total. The fraction of sp³-hybridized carbons (Fsp3) is 0.263. The van der Waals surface area contributed by atoms with E-state index < -0.39 is 29.6 Å². The fourth-order valence-corrected chi connectivity index (χ4v) is 3.46.